The fourth-order valence-corrected chi connectivity index (χ4v) is 2.76. The minimum absolute atomic E-state index is 0.155. The van der Waals surface area contributed by atoms with Crippen LogP contribution in [-0.2, 0) is 22.9 Å². The minimum Gasteiger partial charge on any atom is -0.477 e. The molecule has 6 nitrogen and oxygen atoms in total. The maximum absolute atomic E-state index is 11.0. The lowest BCUT2D eigenvalue weighted by atomic mass is 10.2. The summed E-state index contributed by atoms with van der Waals surface area (Å²) in [6.45, 7) is 0. The van der Waals surface area contributed by atoms with Crippen LogP contribution in [0, 0.1) is 0 Å². The van der Waals surface area contributed by atoms with Crippen LogP contribution in [-0.4, -0.2) is 36.8 Å². The summed E-state index contributed by atoms with van der Waals surface area (Å²) in [6.07, 6.45) is 2.16. The summed E-state index contributed by atoms with van der Waals surface area (Å²) >= 11 is 0. The highest BCUT2D eigenvalue weighted by Crippen LogP contribution is 2.23. The molecule has 0 fully saturated rings. The second kappa shape index (κ2) is 3.60. The van der Waals surface area contributed by atoms with E-state index < -0.39 is 16.0 Å². The predicted molar refractivity (Wildman–Crippen MR) is 56.9 cm³/mol. The maximum Gasteiger partial charge on any atom is 0.352 e. The number of carbonyl (C=O) groups is 1. The second-order valence-electron chi connectivity index (χ2n) is 3.99. The number of hydrogen-bond acceptors (Lipinski definition) is 3. The van der Waals surface area contributed by atoms with Crippen molar-refractivity contribution in [1.29, 1.82) is 0 Å². The molecule has 1 aromatic rings. The van der Waals surface area contributed by atoms with Crippen LogP contribution in [0.4, 0.5) is 0 Å². The van der Waals surface area contributed by atoms with Gasteiger partial charge in [0.25, 0.3) is 0 Å². The first-order valence-corrected chi connectivity index (χ1v) is 6.65. The third-order valence-electron chi connectivity index (χ3n) is 2.52. The molecule has 1 aliphatic rings. The van der Waals surface area contributed by atoms with E-state index in [0.717, 1.165) is 17.5 Å². The van der Waals surface area contributed by atoms with Crippen LogP contribution < -0.4 is 4.72 Å². The zero-order valence-corrected chi connectivity index (χ0v) is 9.47. The number of hydrogen-bond donors (Lipinski definition) is 3. The topological polar surface area (TPSA) is 99.3 Å². The second-order valence-corrected chi connectivity index (χ2v) is 5.77. The number of fused-ring (bicyclic) bond motifs is 1. The molecule has 3 N–H and O–H groups in total. The van der Waals surface area contributed by atoms with Gasteiger partial charge in [-0.3, -0.25) is 0 Å². The first kappa shape index (κ1) is 11.2. The molecule has 1 aliphatic carbocycles. The summed E-state index contributed by atoms with van der Waals surface area (Å²) in [5.41, 5.74) is 1.83. The molecule has 0 spiro atoms. The predicted octanol–water partition coefficient (Wildman–Crippen LogP) is -0.271. The lowest BCUT2D eigenvalue weighted by molar-refractivity contribution is 0.0691. The van der Waals surface area contributed by atoms with E-state index in [-0.39, 0.29) is 11.7 Å². The molecule has 16 heavy (non-hydrogen) atoms. The first-order valence-electron chi connectivity index (χ1n) is 4.76. The monoisotopic (exact) mass is 244 g/mol. The molecule has 0 aliphatic heterocycles. The Hall–Kier alpha value is -1.34. The number of aromatic nitrogens is 1. The Morgan fingerprint density at radius 3 is 2.75 bits per heavy atom. The van der Waals surface area contributed by atoms with Gasteiger partial charge in [-0.05, 0) is 18.1 Å². The molecule has 1 unspecified atom stereocenters. The van der Waals surface area contributed by atoms with Crippen LogP contribution in [0.3, 0.4) is 0 Å². The number of carboxylic acids is 1. The van der Waals surface area contributed by atoms with Gasteiger partial charge < -0.3 is 10.1 Å². The van der Waals surface area contributed by atoms with Crippen molar-refractivity contribution in [3.8, 4) is 0 Å². The van der Waals surface area contributed by atoms with Gasteiger partial charge in [0.1, 0.15) is 5.69 Å². The van der Waals surface area contributed by atoms with Gasteiger partial charge in [0, 0.05) is 18.2 Å². The maximum atomic E-state index is 11.0. The van der Waals surface area contributed by atoms with E-state index >= 15 is 0 Å². The molecule has 0 amide bonds. The van der Waals surface area contributed by atoms with Crippen molar-refractivity contribution in [3.63, 3.8) is 0 Å². The lowest BCUT2D eigenvalue weighted by Gasteiger charge is -2.09. The Labute approximate surface area is 92.7 Å². The fourth-order valence-electron chi connectivity index (χ4n) is 1.99. The van der Waals surface area contributed by atoms with E-state index in [0.29, 0.717) is 12.8 Å². The number of aromatic amines is 1. The Morgan fingerprint density at radius 2 is 2.25 bits per heavy atom. The van der Waals surface area contributed by atoms with Gasteiger partial charge in [-0.1, -0.05) is 0 Å². The molecule has 0 aromatic carbocycles. The Morgan fingerprint density at radius 1 is 1.56 bits per heavy atom. The number of aromatic carboxylic acids is 1. The summed E-state index contributed by atoms with van der Waals surface area (Å²) in [7, 11) is -3.21. The Kier molecular flexibility index (Phi) is 2.51. The van der Waals surface area contributed by atoms with Crippen molar-refractivity contribution in [3.05, 3.63) is 23.0 Å². The normalized spacial score (nSPS) is 19.7. The van der Waals surface area contributed by atoms with Crippen LogP contribution in [0.2, 0.25) is 0 Å². The smallest absolute Gasteiger partial charge is 0.352 e. The molecule has 0 bridgehead atoms. The summed E-state index contributed by atoms with van der Waals surface area (Å²) in [4.78, 5) is 13.4. The van der Waals surface area contributed by atoms with Crippen molar-refractivity contribution in [2.45, 2.75) is 18.9 Å². The quantitative estimate of drug-likeness (QED) is 0.681. The Bertz CT molecular complexity index is 508. The third-order valence-corrected chi connectivity index (χ3v) is 3.28. The molecule has 0 radical (unpaired) electrons. The van der Waals surface area contributed by atoms with Crippen LogP contribution in [0.15, 0.2) is 6.07 Å². The molecular weight excluding hydrogens is 232 g/mol. The SMILES string of the molecule is CS(=O)(=O)NC1Cc2cc(C(=O)O)[nH]c2C1. The number of H-pyrrole nitrogens is 1. The average molecular weight is 244 g/mol. The highest BCUT2D eigenvalue weighted by Gasteiger charge is 2.26. The van der Waals surface area contributed by atoms with Crippen LogP contribution >= 0.6 is 0 Å². The summed E-state index contributed by atoms with van der Waals surface area (Å²) in [6, 6.07) is 1.39. The van der Waals surface area contributed by atoms with Gasteiger partial charge in [0.05, 0.1) is 6.26 Å². The standard InChI is InChI=1S/C9H12N2O4S/c1-16(14,15)11-6-2-5-3-8(9(12)13)10-7(5)4-6/h3,6,10-11H,2,4H2,1H3,(H,12,13). The minimum atomic E-state index is -3.21. The molecule has 1 aromatic heterocycles. The molecule has 1 atom stereocenters. The molecule has 0 saturated carbocycles. The summed E-state index contributed by atoms with van der Waals surface area (Å²) in [5.74, 6) is -0.998. The van der Waals surface area contributed by atoms with Gasteiger partial charge in [0.2, 0.25) is 10.0 Å². The Balaban J connectivity index is 2.12. The fraction of sp³-hybridized carbons (Fsp3) is 0.444. The van der Waals surface area contributed by atoms with Crippen LogP contribution in [0.5, 0.6) is 0 Å². The largest absolute Gasteiger partial charge is 0.477 e. The van der Waals surface area contributed by atoms with E-state index in [1.807, 2.05) is 0 Å². The number of sulfonamides is 1. The molecule has 88 valence electrons. The van der Waals surface area contributed by atoms with Crippen molar-refractivity contribution >= 4 is 16.0 Å². The number of rotatable bonds is 3. The number of carboxylic acid groups (broad SMARTS) is 1. The van der Waals surface area contributed by atoms with Crippen molar-refractivity contribution < 1.29 is 18.3 Å². The molecule has 1 heterocycles. The third kappa shape index (κ3) is 2.25. The number of nitrogens with one attached hydrogen (secondary N) is 2. The van der Waals surface area contributed by atoms with Gasteiger partial charge in [-0.25, -0.2) is 17.9 Å². The molecular formula is C9H12N2O4S. The van der Waals surface area contributed by atoms with Gasteiger partial charge in [-0.15, -0.1) is 0 Å². The molecule has 2 rings (SSSR count). The highest BCUT2D eigenvalue weighted by atomic mass is 32.2. The van der Waals surface area contributed by atoms with E-state index in [1.165, 1.54) is 0 Å². The van der Waals surface area contributed by atoms with E-state index in [4.69, 9.17) is 5.11 Å². The van der Waals surface area contributed by atoms with Gasteiger partial charge in [-0.2, -0.15) is 0 Å². The highest BCUT2D eigenvalue weighted by molar-refractivity contribution is 7.88. The molecule has 0 saturated heterocycles. The first-order chi connectivity index (χ1) is 7.35. The lowest BCUT2D eigenvalue weighted by Crippen LogP contribution is -2.34. The van der Waals surface area contributed by atoms with Crippen LogP contribution in [0.25, 0.3) is 0 Å². The van der Waals surface area contributed by atoms with Gasteiger partial charge >= 0.3 is 5.97 Å². The zero-order chi connectivity index (χ0) is 11.9. The summed E-state index contributed by atoms with van der Waals surface area (Å²) in [5, 5.41) is 8.75. The van der Waals surface area contributed by atoms with Crippen molar-refractivity contribution in [1.82, 2.24) is 9.71 Å². The van der Waals surface area contributed by atoms with Crippen LogP contribution in [0.1, 0.15) is 21.7 Å². The van der Waals surface area contributed by atoms with Crippen molar-refractivity contribution in [2.24, 2.45) is 0 Å². The van der Waals surface area contributed by atoms with E-state index in [9.17, 15) is 13.2 Å². The summed E-state index contributed by atoms with van der Waals surface area (Å²) < 4.78 is 24.5. The van der Waals surface area contributed by atoms with Gasteiger partial charge in [0.15, 0.2) is 0 Å². The van der Waals surface area contributed by atoms with E-state index in [2.05, 4.69) is 9.71 Å². The average Bonchev–Trinajstić information content (AvgIpc) is 2.56. The molecule has 7 heteroatoms. The van der Waals surface area contributed by atoms with Crippen molar-refractivity contribution in [2.75, 3.05) is 6.26 Å². The van der Waals surface area contributed by atoms with E-state index in [1.54, 1.807) is 6.07 Å². The zero-order valence-electron chi connectivity index (χ0n) is 8.65.